The summed E-state index contributed by atoms with van der Waals surface area (Å²) < 4.78 is 0. The van der Waals surface area contributed by atoms with Crippen LogP contribution in [0.3, 0.4) is 0 Å². The molecule has 1 aliphatic carbocycles. The molecule has 1 aliphatic heterocycles. The van der Waals surface area contributed by atoms with Crippen molar-refractivity contribution in [3.8, 4) is 0 Å². The first-order chi connectivity index (χ1) is 13.7. The maximum Gasteiger partial charge on any atom is 0.309 e. The van der Waals surface area contributed by atoms with Crippen molar-refractivity contribution in [3.63, 3.8) is 0 Å². The van der Waals surface area contributed by atoms with E-state index in [1.807, 2.05) is 0 Å². The Morgan fingerprint density at radius 2 is 1.43 bits per heavy atom. The molecule has 5 nitrogen and oxygen atoms in total. The number of nitrogens with one attached hydrogen (secondary N) is 2. The van der Waals surface area contributed by atoms with Crippen LogP contribution in [0.25, 0.3) is 0 Å². The minimum Gasteiger partial charge on any atom is -0.372 e. The predicted molar refractivity (Wildman–Crippen MR) is 113 cm³/mol. The first-order valence-corrected chi connectivity index (χ1v) is 11.1. The number of nitrogens with zero attached hydrogens (tertiary/aromatic N) is 1. The highest BCUT2D eigenvalue weighted by molar-refractivity contribution is 6.35. The summed E-state index contributed by atoms with van der Waals surface area (Å²) in [4.78, 5) is 26.6. The van der Waals surface area contributed by atoms with Crippen LogP contribution in [0, 0.1) is 0 Å². The normalized spacial score (nSPS) is 18.8. The first kappa shape index (κ1) is 20.7. The highest BCUT2D eigenvalue weighted by Crippen LogP contribution is 2.20. The van der Waals surface area contributed by atoms with Gasteiger partial charge in [-0.25, -0.2) is 0 Å². The van der Waals surface area contributed by atoms with Gasteiger partial charge in [-0.2, -0.15) is 0 Å². The number of anilines is 1. The van der Waals surface area contributed by atoms with Crippen molar-refractivity contribution in [3.05, 3.63) is 29.8 Å². The van der Waals surface area contributed by atoms with E-state index in [1.54, 1.807) is 0 Å². The molecule has 0 radical (unpaired) electrons. The summed E-state index contributed by atoms with van der Waals surface area (Å²) in [7, 11) is 0. The van der Waals surface area contributed by atoms with Crippen LogP contribution in [-0.4, -0.2) is 37.5 Å². The molecule has 1 saturated carbocycles. The van der Waals surface area contributed by atoms with Crippen molar-refractivity contribution in [2.24, 2.45) is 0 Å². The van der Waals surface area contributed by atoms with Crippen molar-refractivity contribution in [1.82, 2.24) is 10.6 Å². The molecule has 0 spiro atoms. The second-order valence-corrected chi connectivity index (χ2v) is 8.24. The number of hydrogen-bond donors (Lipinski definition) is 2. The Balaban J connectivity index is 1.39. The largest absolute Gasteiger partial charge is 0.372 e. The van der Waals surface area contributed by atoms with Crippen molar-refractivity contribution in [2.45, 2.75) is 76.7 Å². The van der Waals surface area contributed by atoms with Crippen LogP contribution in [0.4, 0.5) is 5.69 Å². The standard InChI is InChI=1S/C23H35N3O2/c27-22(23(28)25-20-9-5-1-2-6-10-20)24-16-15-19-11-13-21(14-12-19)26-17-7-3-4-8-18-26/h11-14,20H,1-10,15-18H2,(H,24,27)(H,25,28). The van der Waals surface area contributed by atoms with Gasteiger partial charge in [-0.1, -0.05) is 50.7 Å². The SMILES string of the molecule is O=C(NCCc1ccc(N2CCCCCC2)cc1)C(=O)NC1CCCCCC1. The Labute approximate surface area is 169 Å². The molecule has 0 unspecified atom stereocenters. The van der Waals surface area contributed by atoms with Crippen LogP contribution in [0.1, 0.15) is 69.8 Å². The molecule has 28 heavy (non-hydrogen) atoms. The van der Waals surface area contributed by atoms with E-state index in [9.17, 15) is 9.59 Å². The Kier molecular flexibility index (Phi) is 8.19. The van der Waals surface area contributed by atoms with E-state index >= 15 is 0 Å². The summed E-state index contributed by atoms with van der Waals surface area (Å²) >= 11 is 0. The summed E-state index contributed by atoms with van der Waals surface area (Å²) in [6, 6.07) is 8.80. The third-order valence-corrected chi connectivity index (χ3v) is 6.00. The molecule has 0 bridgehead atoms. The summed E-state index contributed by atoms with van der Waals surface area (Å²) in [5, 5.41) is 5.66. The lowest BCUT2D eigenvalue weighted by molar-refractivity contribution is -0.139. The lowest BCUT2D eigenvalue weighted by atomic mass is 10.1. The lowest BCUT2D eigenvalue weighted by Crippen LogP contribution is -2.44. The van der Waals surface area contributed by atoms with Gasteiger partial charge < -0.3 is 15.5 Å². The summed E-state index contributed by atoms with van der Waals surface area (Å²) in [6.07, 6.45) is 12.7. The topological polar surface area (TPSA) is 61.4 Å². The molecule has 2 N–H and O–H groups in total. The maximum atomic E-state index is 12.1. The zero-order chi connectivity index (χ0) is 19.6. The zero-order valence-electron chi connectivity index (χ0n) is 17.0. The Morgan fingerprint density at radius 1 is 0.821 bits per heavy atom. The van der Waals surface area contributed by atoms with Gasteiger partial charge in [-0.15, -0.1) is 0 Å². The Hall–Kier alpha value is -2.04. The minimum absolute atomic E-state index is 0.160. The molecule has 154 valence electrons. The maximum absolute atomic E-state index is 12.1. The molecule has 2 aliphatic rings. The number of carbonyl (C=O) groups is 2. The van der Waals surface area contributed by atoms with Gasteiger partial charge in [-0.3, -0.25) is 9.59 Å². The number of rotatable bonds is 5. The number of carbonyl (C=O) groups excluding carboxylic acids is 2. The van der Waals surface area contributed by atoms with Crippen molar-refractivity contribution in [1.29, 1.82) is 0 Å². The van der Waals surface area contributed by atoms with Gasteiger partial charge >= 0.3 is 11.8 Å². The van der Waals surface area contributed by atoms with E-state index in [1.165, 1.54) is 49.8 Å². The average Bonchev–Trinajstić information content (AvgIpc) is 3.13. The summed E-state index contributed by atoms with van der Waals surface area (Å²) in [5.74, 6) is -0.992. The lowest BCUT2D eigenvalue weighted by Gasteiger charge is -2.22. The molecule has 2 fully saturated rings. The van der Waals surface area contributed by atoms with Crippen LogP contribution in [0.15, 0.2) is 24.3 Å². The molecular formula is C23H35N3O2. The highest BCUT2D eigenvalue weighted by atomic mass is 16.2. The van der Waals surface area contributed by atoms with E-state index in [2.05, 4.69) is 39.8 Å². The molecule has 5 heteroatoms. The zero-order valence-corrected chi connectivity index (χ0v) is 17.0. The van der Waals surface area contributed by atoms with E-state index in [0.29, 0.717) is 6.54 Å². The van der Waals surface area contributed by atoms with Crippen molar-refractivity contribution < 1.29 is 9.59 Å². The van der Waals surface area contributed by atoms with Gasteiger partial charge in [0.1, 0.15) is 0 Å². The van der Waals surface area contributed by atoms with Gasteiger partial charge in [0, 0.05) is 31.4 Å². The fourth-order valence-electron chi connectivity index (χ4n) is 4.28. The second-order valence-electron chi connectivity index (χ2n) is 8.24. The molecule has 0 atom stereocenters. The van der Waals surface area contributed by atoms with E-state index in [-0.39, 0.29) is 6.04 Å². The van der Waals surface area contributed by atoms with Crippen LogP contribution >= 0.6 is 0 Å². The van der Waals surface area contributed by atoms with Gasteiger partial charge in [0.15, 0.2) is 0 Å². The molecular weight excluding hydrogens is 350 g/mol. The number of benzene rings is 1. The molecule has 1 heterocycles. The van der Waals surface area contributed by atoms with Gasteiger partial charge in [0.05, 0.1) is 0 Å². The first-order valence-electron chi connectivity index (χ1n) is 11.1. The second kappa shape index (κ2) is 11.1. The fraction of sp³-hybridized carbons (Fsp3) is 0.652. The van der Waals surface area contributed by atoms with Crippen LogP contribution in [0.5, 0.6) is 0 Å². The van der Waals surface area contributed by atoms with Gasteiger partial charge in [0.2, 0.25) is 0 Å². The predicted octanol–water partition coefficient (Wildman–Crippen LogP) is 3.56. The third-order valence-electron chi connectivity index (χ3n) is 6.00. The molecule has 1 aromatic rings. The van der Waals surface area contributed by atoms with Gasteiger partial charge in [0.25, 0.3) is 0 Å². The van der Waals surface area contributed by atoms with Crippen LogP contribution in [-0.2, 0) is 16.0 Å². The summed E-state index contributed by atoms with van der Waals surface area (Å²) in [5.41, 5.74) is 2.47. The summed E-state index contributed by atoms with van der Waals surface area (Å²) in [6.45, 7) is 2.77. The fourth-order valence-corrected chi connectivity index (χ4v) is 4.28. The number of hydrogen-bond acceptors (Lipinski definition) is 3. The Bertz CT molecular complexity index is 613. The third kappa shape index (κ3) is 6.54. The quantitative estimate of drug-likeness (QED) is 0.602. The average molecular weight is 386 g/mol. The minimum atomic E-state index is -0.509. The van der Waals surface area contributed by atoms with E-state index in [4.69, 9.17) is 0 Å². The van der Waals surface area contributed by atoms with Crippen LogP contribution < -0.4 is 15.5 Å². The van der Waals surface area contributed by atoms with E-state index in [0.717, 1.165) is 45.2 Å². The van der Waals surface area contributed by atoms with Gasteiger partial charge in [-0.05, 0) is 49.8 Å². The van der Waals surface area contributed by atoms with Crippen molar-refractivity contribution in [2.75, 3.05) is 24.5 Å². The number of amides is 2. The molecule has 2 amide bonds. The van der Waals surface area contributed by atoms with Crippen LogP contribution in [0.2, 0.25) is 0 Å². The highest BCUT2D eigenvalue weighted by Gasteiger charge is 2.19. The monoisotopic (exact) mass is 385 g/mol. The molecule has 0 aromatic heterocycles. The molecule has 1 saturated heterocycles. The van der Waals surface area contributed by atoms with Crippen molar-refractivity contribution >= 4 is 17.5 Å². The molecule has 1 aromatic carbocycles. The Morgan fingerprint density at radius 3 is 2.07 bits per heavy atom. The smallest absolute Gasteiger partial charge is 0.309 e. The van der Waals surface area contributed by atoms with E-state index < -0.39 is 11.8 Å². The molecule has 3 rings (SSSR count).